The van der Waals surface area contributed by atoms with Crippen LogP contribution in [0.4, 0.5) is 4.39 Å². The maximum atomic E-state index is 13.7. The summed E-state index contributed by atoms with van der Waals surface area (Å²) in [5, 5.41) is 0.482. The SMILES string of the molecule is O=C(Cc1ccccc1F)N1CCC(Oc2ccncc2Cl)CC1. The molecule has 1 saturated heterocycles. The van der Waals surface area contributed by atoms with Crippen LogP contribution in [-0.4, -0.2) is 35.0 Å². The summed E-state index contributed by atoms with van der Waals surface area (Å²) in [7, 11) is 0. The van der Waals surface area contributed by atoms with Crippen molar-refractivity contribution in [2.45, 2.75) is 25.4 Å². The third-order valence-corrected chi connectivity index (χ3v) is 4.41. The summed E-state index contributed by atoms with van der Waals surface area (Å²) in [6.45, 7) is 1.20. The fraction of sp³-hybridized carbons (Fsp3) is 0.333. The highest BCUT2D eigenvalue weighted by molar-refractivity contribution is 6.31. The first kappa shape index (κ1) is 16.7. The highest BCUT2D eigenvalue weighted by Crippen LogP contribution is 2.26. The van der Waals surface area contributed by atoms with Gasteiger partial charge in [0, 0.05) is 44.4 Å². The topological polar surface area (TPSA) is 42.4 Å². The molecule has 0 aliphatic carbocycles. The normalized spacial score (nSPS) is 15.3. The van der Waals surface area contributed by atoms with E-state index in [0.717, 1.165) is 12.8 Å². The molecule has 1 aromatic carbocycles. The van der Waals surface area contributed by atoms with Crippen LogP contribution in [0.1, 0.15) is 18.4 Å². The number of likely N-dealkylation sites (tertiary alicyclic amines) is 1. The molecule has 0 atom stereocenters. The maximum Gasteiger partial charge on any atom is 0.227 e. The van der Waals surface area contributed by atoms with Gasteiger partial charge in [0.25, 0.3) is 0 Å². The summed E-state index contributed by atoms with van der Waals surface area (Å²) in [4.78, 5) is 18.0. The van der Waals surface area contributed by atoms with Gasteiger partial charge in [-0.3, -0.25) is 9.78 Å². The van der Waals surface area contributed by atoms with E-state index < -0.39 is 0 Å². The monoisotopic (exact) mass is 348 g/mol. The second-order valence-corrected chi connectivity index (χ2v) is 6.18. The van der Waals surface area contributed by atoms with Crippen LogP contribution in [-0.2, 0) is 11.2 Å². The van der Waals surface area contributed by atoms with Gasteiger partial charge < -0.3 is 9.64 Å². The Morgan fingerprint density at radius 3 is 2.75 bits per heavy atom. The van der Waals surface area contributed by atoms with Gasteiger partial charge in [-0.1, -0.05) is 29.8 Å². The molecule has 1 aliphatic rings. The molecule has 1 amide bonds. The van der Waals surface area contributed by atoms with Crippen molar-refractivity contribution < 1.29 is 13.9 Å². The van der Waals surface area contributed by atoms with E-state index >= 15 is 0 Å². The van der Waals surface area contributed by atoms with E-state index in [1.54, 1.807) is 41.6 Å². The number of carbonyl (C=O) groups is 1. The molecule has 4 nitrogen and oxygen atoms in total. The third kappa shape index (κ3) is 4.03. The first-order valence-electron chi connectivity index (χ1n) is 7.91. The van der Waals surface area contributed by atoms with Crippen LogP contribution in [0.25, 0.3) is 0 Å². The molecule has 24 heavy (non-hydrogen) atoms. The number of hydrogen-bond acceptors (Lipinski definition) is 3. The zero-order valence-corrected chi connectivity index (χ0v) is 13.9. The molecule has 0 bridgehead atoms. The van der Waals surface area contributed by atoms with Crippen molar-refractivity contribution in [2.24, 2.45) is 0 Å². The summed E-state index contributed by atoms with van der Waals surface area (Å²) in [5.41, 5.74) is 0.435. The molecule has 0 unspecified atom stereocenters. The minimum atomic E-state index is -0.337. The number of nitrogens with zero attached hydrogens (tertiary/aromatic N) is 2. The molecule has 126 valence electrons. The first-order valence-corrected chi connectivity index (χ1v) is 8.28. The molecule has 1 aromatic heterocycles. The lowest BCUT2D eigenvalue weighted by Crippen LogP contribution is -2.42. The maximum absolute atomic E-state index is 13.7. The zero-order chi connectivity index (χ0) is 16.9. The molecule has 2 heterocycles. The molecule has 3 rings (SSSR count). The van der Waals surface area contributed by atoms with Gasteiger partial charge >= 0.3 is 0 Å². The van der Waals surface area contributed by atoms with E-state index in [0.29, 0.717) is 29.4 Å². The van der Waals surface area contributed by atoms with Gasteiger partial charge in [0.2, 0.25) is 5.91 Å². The highest BCUT2D eigenvalue weighted by Gasteiger charge is 2.24. The van der Waals surface area contributed by atoms with E-state index in [9.17, 15) is 9.18 Å². The van der Waals surface area contributed by atoms with Crippen molar-refractivity contribution in [1.29, 1.82) is 0 Å². The van der Waals surface area contributed by atoms with Gasteiger partial charge in [-0.15, -0.1) is 0 Å². The second kappa shape index (κ2) is 7.62. The molecule has 6 heteroatoms. The number of benzene rings is 1. The van der Waals surface area contributed by atoms with Crippen molar-refractivity contribution in [3.8, 4) is 5.75 Å². The number of pyridine rings is 1. The Balaban J connectivity index is 1.52. The Kier molecular flexibility index (Phi) is 5.30. The van der Waals surface area contributed by atoms with Crippen LogP contribution < -0.4 is 4.74 Å². The van der Waals surface area contributed by atoms with Gasteiger partial charge in [-0.25, -0.2) is 4.39 Å². The van der Waals surface area contributed by atoms with Crippen LogP contribution >= 0.6 is 11.6 Å². The Morgan fingerprint density at radius 2 is 2.04 bits per heavy atom. The highest BCUT2D eigenvalue weighted by atomic mass is 35.5. The number of hydrogen-bond donors (Lipinski definition) is 0. The summed E-state index contributed by atoms with van der Waals surface area (Å²) in [5.74, 6) is 0.222. The molecule has 0 radical (unpaired) electrons. The predicted octanol–water partition coefficient (Wildman–Crippen LogP) is 3.49. The van der Waals surface area contributed by atoms with Crippen LogP contribution in [0, 0.1) is 5.82 Å². The Morgan fingerprint density at radius 1 is 1.29 bits per heavy atom. The number of ether oxygens (including phenoxy) is 1. The zero-order valence-electron chi connectivity index (χ0n) is 13.1. The second-order valence-electron chi connectivity index (χ2n) is 5.77. The lowest BCUT2D eigenvalue weighted by atomic mass is 10.1. The fourth-order valence-corrected chi connectivity index (χ4v) is 2.94. The standard InChI is InChI=1S/C18H18ClFN2O2/c19-15-12-21-8-5-17(15)24-14-6-9-22(10-7-14)18(23)11-13-3-1-2-4-16(13)20/h1-5,8,12,14H,6-7,9-11H2. The first-order chi connectivity index (χ1) is 11.6. The lowest BCUT2D eigenvalue weighted by molar-refractivity contribution is -0.132. The molecule has 0 saturated carbocycles. The van der Waals surface area contributed by atoms with Crippen molar-refractivity contribution in [2.75, 3.05) is 13.1 Å². The summed E-state index contributed by atoms with van der Waals surface area (Å²) < 4.78 is 19.5. The van der Waals surface area contributed by atoms with E-state index in [4.69, 9.17) is 16.3 Å². The predicted molar refractivity (Wildman–Crippen MR) is 89.6 cm³/mol. The van der Waals surface area contributed by atoms with E-state index in [-0.39, 0.29) is 24.2 Å². The van der Waals surface area contributed by atoms with Gasteiger partial charge in [0.1, 0.15) is 22.7 Å². The minimum absolute atomic E-state index is 0.0161. The Hall–Kier alpha value is -2.14. The minimum Gasteiger partial charge on any atom is -0.489 e. The molecule has 1 aliphatic heterocycles. The van der Waals surface area contributed by atoms with E-state index in [1.807, 2.05) is 0 Å². The molecule has 0 spiro atoms. The van der Waals surface area contributed by atoms with E-state index in [2.05, 4.69) is 4.98 Å². The Bertz CT molecular complexity index is 718. The van der Waals surface area contributed by atoms with Gasteiger partial charge in [0.15, 0.2) is 0 Å². The molecular weight excluding hydrogens is 331 g/mol. The number of rotatable bonds is 4. The molecule has 1 fully saturated rings. The van der Waals surface area contributed by atoms with Crippen molar-refractivity contribution in [3.05, 3.63) is 59.1 Å². The molecular formula is C18H18ClFN2O2. The largest absolute Gasteiger partial charge is 0.489 e. The van der Waals surface area contributed by atoms with Gasteiger partial charge in [-0.05, 0) is 11.6 Å². The summed E-state index contributed by atoms with van der Waals surface area (Å²) in [6.07, 6.45) is 4.73. The number of carbonyl (C=O) groups excluding carboxylic acids is 1. The number of aromatic nitrogens is 1. The number of amides is 1. The number of piperidine rings is 1. The van der Waals surface area contributed by atoms with Crippen LogP contribution in [0.2, 0.25) is 5.02 Å². The van der Waals surface area contributed by atoms with Crippen molar-refractivity contribution >= 4 is 17.5 Å². The average molecular weight is 349 g/mol. The third-order valence-electron chi connectivity index (χ3n) is 4.12. The van der Waals surface area contributed by atoms with E-state index in [1.165, 1.54) is 6.07 Å². The quantitative estimate of drug-likeness (QED) is 0.849. The number of halogens is 2. The van der Waals surface area contributed by atoms with Crippen molar-refractivity contribution in [1.82, 2.24) is 9.88 Å². The molecule has 0 N–H and O–H groups in total. The Labute approximate surface area is 145 Å². The van der Waals surface area contributed by atoms with Crippen LogP contribution in [0.15, 0.2) is 42.7 Å². The van der Waals surface area contributed by atoms with Crippen LogP contribution in [0.3, 0.4) is 0 Å². The fourth-order valence-electron chi connectivity index (χ4n) is 2.78. The summed E-state index contributed by atoms with van der Waals surface area (Å²) >= 11 is 6.04. The van der Waals surface area contributed by atoms with Gasteiger partial charge in [-0.2, -0.15) is 0 Å². The summed E-state index contributed by atoms with van der Waals surface area (Å²) in [6, 6.07) is 8.12. The molecule has 2 aromatic rings. The van der Waals surface area contributed by atoms with Crippen molar-refractivity contribution in [3.63, 3.8) is 0 Å². The average Bonchev–Trinajstić information content (AvgIpc) is 2.59. The van der Waals surface area contributed by atoms with Gasteiger partial charge in [0.05, 0.1) is 6.42 Å². The van der Waals surface area contributed by atoms with Crippen LogP contribution in [0.5, 0.6) is 5.75 Å². The lowest BCUT2D eigenvalue weighted by Gasteiger charge is -2.32. The smallest absolute Gasteiger partial charge is 0.227 e.